The molecule has 0 saturated carbocycles. The fraction of sp³-hybridized carbons (Fsp3) is 1.00. The quantitative estimate of drug-likeness (QED) is 0.650. The average Bonchev–Trinajstić information content (AvgIpc) is 2.42. The van der Waals surface area contributed by atoms with Crippen molar-refractivity contribution in [2.75, 3.05) is 47.6 Å². The number of likely N-dealkylation sites (tertiary alicyclic amines) is 1. The molecule has 18 heavy (non-hydrogen) atoms. The molecule has 0 aromatic rings. The molecule has 1 atom stereocenters. The lowest BCUT2D eigenvalue weighted by atomic mass is 9.96. The monoisotopic (exact) mass is 260 g/mol. The molecule has 1 heterocycles. The lowest BCUT2D eigenvalue weighted by Gasteiger charge is -2.37. The molecule has 0 radical (unpaired) electrons. The molecule has 1 aliphatic heterocycles. The van der Waals surface area contributed by atoms with Gasteiger partial charge in [0.1, 0.15) is 0 Å². The van der Waals surface area contributed by atoms with Gasteiger partial charge in [0.15, 0.2) is 6.29 Å². The zero-order valence-corrected chi connectivity index (χ0v) is 11.9. The molecule has 1 saturated heterocycles. The Kier molecular flexibility index (Phi) is 7.77. The Morgan fingerprint density at radius 1 is 1.17 bits per heavy atom. The molecule has 1 unspecified atom stereocenters. The molecule has 0 aromatic carbocycles. The fourth-order valence-corrected chi connectivity index (χ4v) is 2.63. The predicted octanol–water partition coefficient (Wildman–Crippen LogP) is 0.681. The average molecular weight is 260 g/mol. The van der Waals surface area contributed by atoms with Crippen LogP contribution in [0.2, 0.25) is 0 Å². The Bertz CT molecular complexity index is 204. The second kappa shape index (κ2) is 8.82. The van der Waals surface area contributed by atoms with Gasteiger partial charge in [-0.2, -0.15) is 0 Å². The maximum absolute atomic E-state index is 5.88. The highest BCUT2D eigenvalue weighted by atomic mass is 16.7. The minimum absolute atomic E-state index is 0.157. The van der Waals surface area contributed by atoms with E-state index < -0.39 is 0 Å². The summed E-state index contributed by atoms with van der Waals surface area (Å²) in [5, 5.41) is 0. The summed E-state index contributed by atoms with van der Waals surface area (Å²) in [5.41, 5.74) is 5.88. The van der Waals surface area contributed by atoms with Gasteiger partial charge in [0.25, 0.3) is 0 Å². The van der Waals surface area contributed by atoms with Gasteiger partial charge in [-0.25, -0.2) is 0 Å². The molecule has 0 amide bonds. The SMILES string of the molecule is COCC1CCN(C(CN)CC(OC)OC)CC1. The molecule has 0 spiro atoms. The van der Waals surface area contributed by atoms with Crippen molar-refractivity contribution in [3.05, 3.63) is 0 Å². The first-order valence-corrected chi connectivity index (χ1v) is 6.73. The van der Waals surface area contributed by atoms with Crippen LogP contribution in [0.5, 0.6) is 0 Å². The van der Waals surface area contributed by atoms with Gasteiger partial charge in [0.05, 0.1) is 0 Å². The van der Waals surface area contributed by atoms with Crippen LogP contribution >= 0.6 is 0 Å². The number of piperidine rings is 1. The van der Waals surface area contributed by atoms with E-state index in [-0.39, 0.29) is 6.29 Å². The highest BCUT2D eigenvalue weighted by Crippen LogP contribution is 2.21. The minimum atomic E-state index is -0.157. The van der Waals surface area contributed by atoms with Gasteiger partial charge in [-0.05, 0) is 31.8 Å². The first kappa shape index (κ1) is 15.9. The molecule has 0 bridgehead atoms. The van der Waals surface area contributed by atoms with Crippen LogP contribution in [-0.4, -0.2) is 64.8 Å². The van der Waals surface area contributed by atoms with Crippen LogP contribution in [0.3, 0.4) is 0 Å². The van der Waals surface area contributed by atoms with Crippen molar-refractivity contribution in [2.45, 2.75) is 31.6 Å². The number of hydrogen-bond donors (Lipinski definition) is 1. The highest BCUT2D eigenvalue weighted by Gasteiger charge is 2.26. The van der Waals surface area contributed by atoms with Crippen molar-refractivity contribution >= 4 is 0 Å². The van der Waals surface area contributed by atoms with Gasteiger partial charge in [-0.3, -0.25) is 4.90 Å². The number of rotatable bonds is 8. The molecule has 1 fully saturated rings. The summed E-state index contributed by atoms with van der Waals surface area (Å²) < 4.78 is 15.7. The van der Waals surface area contributed by atoms with Gasteiger partial charge in [-0.15, -0.1) is 0 Å². The maximum atomic E-state index is 5.88. The van der Waals surface area contributed by atoms with Gasteiger partial charge in [0, 0.05) is 46.9 Å². The molecule has 1 aliphatic rings. The molecule has 5 heteroatoms. The largest absolute Gasteiger partial charge is 0.384 e. The zero-order chi connectivity index (χ0) is 13.4. The first-order chi connectivity index (χ1) is 8.74. The smallest absolute Gasteiger partial charge is 0.158 e. The molecule has 2 N–H and O–H groups in total. The Morgan fingerprint density at radius 3 is 2.22 bits per heavy atom. The van der Waals surface area contributed by atoms with Crippen LogP contribution < -0.4 is 5.73 Å². The number of nitrogens with two attached hydrogens (primary N) is 1. The van der Waals surface area contributed by atoms with Crippen LogP contribution in [0.15, 0.2) is 0 Å². The molecule has 108 valence electrons. The fourth-order valence-electron chi connectivity index (χ4n) is 2.63. The van der Waals surface area contributed by atoms with E-state index in [1.54, 1.807) is 21.3 Å². The molecule has 5 nitrogen and oxygen atoms in total. The van der Waals surface area contributed by atoms with E-state index in [0.29, 0.717) is 18.5 Å². The summed E-state index contributed by atoms with van der Waals surface area (Å²) in [7, 11) is 5.12. The normalized spacial score (nSPS) is 20.5. The Hall–Kier alpha value is -0.200. The summed E-state index contributed by atoms with van der Waals surface area (Å²) in [5.74, 6) is 0.699. The highest BCUT2D eigenvalue weighted by molar-refractivity contribution is 4.80. The summed E-state index contributed by atoms with van der Waals surface area (Å²) in [6.07, 6.45) is 3.05. The van der Waals surface area contributed by atoms with Gasteiger partial charge in [-0.1, -0.05) is 0 Å². The second-order valence-electron chi connectivity index (χ2n) is 4.96. The van der Waals surface area contributed by atoms with E-state index >= 15 is 0 Å². The topological polar surface area (TPSA) is 57.0 Å². The van der Waals surface area contributed by atoms with Crippen molar-refractivity contribution in [3.8, 4) is 0 Å². The second-order valence-corrected chi connectivity index (χ2v) is 4.96. The third-order valence-electron chi connectivity index (χ3n) is 3.83. The van der Waals surface area contributed by atoms with Crippen molar-refractivity contribution in [2.24, 2.45) is 11.7 Å². The van der Waals surface area contributed by atoms with Crippen molar-refractivity contribution in [1.29, 1.82) is 0 Å². The minimum Gasteiger partial charge on any atom is -0.384 e. The van der Waals surface area contributed by atoms with Gasteiger partial charge in [0.2, 0.25) is 0 Å². The third kappa shape index (κ3) is 4.82. The molecular weight excluding hydrogens is 232 g/mol. The Labute approximate surface area is 111 Å². The Morgan fingerprint density at radius 2 is 1.78 bits per heavy atom. The van der Waals surface area contributed by atoms with Gasteiger partial charge < -0.3 is 19.9 Å². The van der Waals surface area contributed by atoms with E-state index in [9.17, 15) is 0 Å². The van der Waals surface area contributed by atoms with Gasteiger partial charge >= 0.3 is 0 Å². The standard InChI is InChI=1S/C13H28N2O3/c1-16-10-11-4-6-15(7-5-11)12(9-14)8-13(17-2)18-3/h11-13H,4-10,14H2,1-3H3. The summed E-state index contributed by atoms with van der Waals surface area (Å²) in [6, 6.07) is 0.346. The summed E-state index contributed by atoms with van der Waals surface area (Å²) in [6.45, 7) is 3.71. The van der Waals surface area contributed by atoms with Crippen LogP contribution in [0.4, 0.5) is 0 Å². The van der Waals surface area contributed by atoms with Crippen LogP contribution in [0, 0.1) is 5.92 Å². The molecule has 0 aliphatic carbocycles. The zero-order valence-electron chi connectivity index (χ0n) is 11.9. The molecule has 0 aromatic heterocycles. The van der Waals surface area contributed by atoms with Crippen molar-refractivity contribution in [1.82, 2.24) is 4.90 Å². The van der Waals surface area contributed by atoms with Crippen LogP contribution in [0.25, 0.3) is 0 Å². The third-order valence-corrected chi connectivity index (χ3v) is 3.83. The van der Waals surface area contributed by atoms with E-state index in [1.807, 2.05) is 0 Å². The number of methoxy groups -OCH3 is 3. The molecule has 1 rings (SSSR count). The van der Waals surface area contributed by atoms with E-state index in [2.05, 4.69) is 4.90 Å². The summed E-state index contributed by atoms with van der Waals surface area (Å²) >= 11 is 0. The summed E-state index contributed by atoms with van der Waals surface area (Å²) in [4.78, 5) is 2.46. The first-order valence-electron chi connectivity index (χ1n) is 6.73. The lowest BCUT2D eigenvalue weighted by Crippen LogP contribution is -2.47. The van der Waals surface area contributed by atoms with Crippen LogP contribution in [0.1, 0.15) is 19.3 Å². The van der Waals surface area contributed by atoms with Crippen LogP contribution in [-0.2, 0) is 14.2 Å². The maximum Gasteiger partial charge on any atom is 0.158 e. The van der Waals surface area contributed by atoms with E-state index in [1.165, 1.54) is 12.8 Å². The predicted molar refractivity (Wildman–Crippen MR) is 71.4 cm³/mol. The Balaban J connectivity index is 2.37. The number of hydrogen-bond acceptors (Lipinski definition) is 5. The number of nitrogens with zero attached hydrogens (tertiary/aromatic N) is 1. The molecular formula is C13H28N2O3. The lowest BCUT2D eigenvalue weighted by molar-refractivity contribution is -0.117. The van der Waals surface area contributed by atoms with Crippen molar-refractivity contribution < 1.29 is 14.2 Å². The van der Waals surface area contributed by atoms with E-state index in [0.717, 1.165) is 26.1 Å². The number of ether oxygens (including phenoxy) is 3. The van der Waals surface area contributed by atoms with Crippen molar-refractivity contribution in [3.63, 3.8) is 0 Å². The van der Waals surface area contributed by atoms with E-state index in [4.69, 9.17) is 19.9 Å².